The Kier molecular flexibility index (Phi) is 4.60. The van der Waals surface area contributed by atoms with Crippen LogP contribution in [-0.2, 0) is 7.05 Å². The van der Waals surface area contributed by atoms with Crippen molar-refractivity contribution < 1.29 is 0 Å². The Morgan fingerprint density at radius 2 is 2.06 bits per heavy atom. The minimum atomic E-state index is 0.506. The Labute approximate surface area is 105 Å². The van der Waals surface area contributed by atoms with Gasteiger partial charge in [-0.1, -0.05) is 32.6 Å². The summed E-state index contributed by atoms with van der Waals surface area (Å²) >= 11 is 0. The number of nitrogens with one attached hydrogen (secondary N) is 1. The summed E-state index contributed by atoms with van der Waals surface area (Å²) in [6, 6.07) is 0.506. The SMILES string of the molecule is CCNC(c1cnn(C)c1)C1CCCCCC1. The van der Waals surface area contributed by atoms with Crippen LogP contribution in [0.3, 0.4) is 0 Å². The Bertz CT molecular complexity index is 324. The molecule has 3 heteroatoms. The summed E-state index contributed by atoms with van der Waals surface area (Å²) in [6.07, 6.45) is 12.6. The Morgan fingerprint density at radius 3 is 2.59 bits per heavy atom. The summed E-state index contributed by atoms with van der Waals surface area (Å²) in [5, 5.41) is 7.97. The highest BCUT2D eigenvalue weighted by molar-refractivity contribution is 5.11. The topological polar surface area (TPSA) is 29.9 Å². The van der Waals surface area contributed by atoms with Gasteiger partial charge in [-0.25, -0.2) is 0 Å². The summed E-state index contributed by atoms with van der Waals surface area (Å²) in [5.41, 5.74) is 1.36. The van der Waals surface area contributed by atoms with E-state index in [1.54, 1.807) is 0 Å². The third-order valence-corrected chi connectivity index (χ3v) is 3.88. The Hall–Kier alpha value is -0.830. The van der Waals surface area contributed by atoms with E-state index in [9.17, 15) is 0 Å². The van der Waals surface area contributed by atoms with Crippen molar-refractivity contribution in [3.63, 3.8) is 0 Å². The monoisotopic (exact) mass is 235 g/mol. The molecule has 1 aromatic rings. The Morgan fingerprint density at radius 1 is 1.35 bits per heavy atom. The minimum absolute atomic E-state index is 0.506. The van der Waals surface area contributed by atoms with Gasteiger partial charge in [-0.3, -0.25) is 4.68 Å². The van der Waals surface area contributed by atoms with E-state index >= 15 is 0 Å². The highest BCUT2D eigenvalue weighted by Crippen LogP contribution is 2.33. The molecule has 1 N–H and O–H groups in total. The molecule has 1 heterocycles. The maximum absolute atomic E-state index is 4.31. The van der Waals surface area contributed by atoms with Crippen LogP contribution in [0.1, 0.15) is 57.1 Å². The highest BCUT2D eigenvalue weighted by Gasteiger charge is 2.24. The average Bonchev–Trinajstić information content (AvgIpc) is 2.60. The predicted molar refractivity (Wildman–Crippen MR) is 70.8 cm³/mol. The molecule has 1 atom stereocenters. The van der Waals surface area contributed by atoms with Crippen molar-refractivity contribution in [2.45, 2.75) is 51.5 Å². The first-order valence-electron chi connectivity index (χ1n) is 7.03. The van der Waals surface area contributed by atoms with Crippen LogP contribution in [0.5, 0.6) is 0 Å². The van der Waals surface area contributed by atoms with Gasteiger partial charge in [0.15, 0.2) is 0 Å². The van der Waals surface area contributed by atoms with Crippen LogP contribution in [0.4, 0.5) is 0 Å². The van der Waals surface area contributed by atoms with E-state index in [4.69, 9.17) is 0 Å². The van der Waals surface area contributed by atoms with Gasteiger partial charge in [0, 0.05) is 24.8 Å². The summed E-state index contributed by atoms with van der Waals surface area (Å²) in [4.78, 5) is 0. The zero-order valence-corrected chi connectivity index (χ0v) is 11.2. The molecule has 1 saturated carbocycles. The van der Waals surface area contributed by atoms with Crippen LogP contribution in [0, 0.1) is 5.92 Å². The maximum Gasteiger partial charge on any atom is 0.0537 e. The molecule has 0 aliphatic heterocycles. The zero-order chi connectivity index (χ0) is 12.1. The predicted octanol–water partition coefficient (Wildman–Crippen LogP) is 3.04. The van der Waals surface area contributed by atoms with Gasteiger partial charge in [0.25, 0.3) is 0 Å². The molecule has 0 radical (unpaired) electrons. The van der Waals surface area contributed by atoms with Gasteiger partial charge in [0.1, 0.15) is 0 Å². The average molecular weight is 235 g/mol. The van der Waals surface area contributed by atoms with E-state index in [1.165, 1.54) is 44.1 Å². The van der Waals surface area contributed by atoms with Crippen LogP contribution in [0.2, 0.25) is 0 Å². The third kappa shape index (κ3) is 3.32. The molecular weight excluding hydrogens is 210 g/mol. The van der Waals surface area contributed by atoms with E-state index in [2.05, 4.69) is 23.5 Å². The van der Waals surface area contributed by atoms with Crippen LogP contribution in [0.25, 0.3) is 0 Å². The molecule has 0 saturated heterocycles. The fourth-order valence-electron chi connectivity index (χ4n) is 3.02. The molecule has 1 aliphatic rings. The molecule has 1 fully saturated rings. The molecule has 0 spiro atoms. The van der Waals surface area contributed by atoms with E-state index in [1.807, 2.05) is 17.9 Å². The lowest BCUT2D eigenvalue weighted by molar-refractivity contribution is 0.330. The first-order chi connectivity index (χ1) is 8.31. The number of hydrogen-bond donors (Lipinski definition) is 1. The number of nitrogens with zero attached hydrogens (tertiary/aromatic N) is 2. The van der Waals surface area contributed by atoms with Crippen LogP contribution >= 0.6 is 0 Å². The largest absolute Gasteiger partial charge is 0.310 e. The van der Waals surface area contributed by atoms with Crippen LogP contribution in [0.15, 0.2) is 12.4 Å². The van der Waals surface area contributed by atoms with Gasteiger partial charge >= 0.3 is 0 Å². The lowest BCUT2D eigenvalue weighted by atomic mass is 9.88. The van der Waals surface area contributed by atoms with Gasteiger partial charge in [-0.15, -0.1) is 0 Å². The first kappa shape index (κ1) is 12.6. The van der Waals surface area contributed by atoms with Gasteiger partial charge in [-0.2, -0.15) is 5.10 Å². The smallest absolute Gasteiger partial charge is 0.0537 e. The Balaban J connectivity index is 2.09. The second kappa shape index (κ2) is 6.20. The van der Waals surface area contributed by atoms with Crippen molar-refractivity contribution in [2.24, 2.45) is 13.0 Å². The maximum atomic E-state index is 4.31. The summed E-state index contributed by atoms with van der Waals surface area (Å²) in [6.45, 7) is 3.23. The van der Waals surface area contributed by atoms with E-state index in [0.717, 1.165) is 12.5 Å². The van der Waals surface area contributed by atoms with Crippen molar-refractivity contribution in [1.29, 1.82) is 0 Å². The standard InChI is InChI=1S/C14H25N3/c1-3-15-14(13-10-16-17(2)11-13)12-8-6-4-5-7-9-12/h10-12,14-15H,3-9H2,1-2H3. The lowest BCUT2D eigenvalue weighted by Gasteiger charge is -2.26. The third-order valence-electron chi connectivity index (χ3n) is 3.88. The molecular formula is C14H25N3. The molecule has 1 unspecified atom stereocenters. The highest BCUT2D eigenvalue weighted by atomic mass is 15.2. The fraction of sp³-hybridized carbons (Fsp3) is 0.786. The lowest BCUT2D eigenvalue weighted by Crippen LogP contribution is -2.27. The summed E-state index contributed by atoms with van der Waals surface area (Å²) < 4.78 is 1.91. The molecule has 1 aliphatic carbocycles. The molecule has 0 aromatic carbocycles. The van der Waals surface area contributed by atoms with E-state index in [0.29, 0.717) is 6.04 Å². The molecule has 96 valence electrons. The molecule has 2 rings (SSSR count). The van der Waals surface area contributed by atoms with Crippen LogP contribution in [-0.4, -0.2) is 16.3 Å². The van der Waals surface area contributed by atoms with Crippen LogP contribution < -0.4 is 5.32 Å². The van der Waals surface area contributed by atoms with E-state index < -0.39 is 0 Å². The quantitative estimate of drug-likeness (QED) is 0.813. The van der Waals surface area contributed by atoms with Crippen molar-refractivity contribution in [3.05, 3.63) is 18.0 Å². The first-order valence-corrected chi connectivity index (χ1v) is 7.03. The second-order valence-corrected chi connectivity index (χ2v) is 5.23. The van der Waals surface area contributed by atoms with E-state index in [-0.39, 0.29) is 0 Å². The van der Waals surface area contributed by atoms with Crippen molar-refractivity contribution >= 4 is 0 Å². The normalized spacial score (nSPS) is 20.1. The molecule has 17 heavy (non-hydrogen) atoms. The molecule has 3 nitrogen and oxygen atoms in total. The summed E-state index contributed by atoms with van der Waals surface area (Å²) in [7, 11) is 2.00. The minimum Gasteiger partial charge on any atom is -0.310 e. The number of hydrogen-bond acceptors (Lipinski definition) is 2. The van der Waals surface area contributed by atoms with Gasteiger partial charge in [0.05, 0.1) is 6.20 Å². The number of rotatable bonds is 4. The fourth-order valence-corrected chi connectivity index (χ4v) is 3.02. The number of aromatic nitrogens is 2. The van der Waals surface area contributed by atoms with Crippen molar-refractivity contribution in [3.8, 4) is 0 Å². The van der Waals surface area contributed by atoms with Gasteiger partial charge < -0.3 is 5.32 Å². The van der Waals surface area contributed by atoms with Crippen molar-refractivity contribution in [1.82, 2.24) is 15.1 Å². The second-order valence-electron chi connectivity index (χ2n) is 5.23. The van der Waals surface area contributed by atoms with Gasteiger partial charge in [-0.05, 0) is 25.3 Å². The molecule has 0 bridgehead atoms. The van der Waals surface area contributed by atoms with Gasteiger partial charge in [0.2, 0.25) is 0 Å². The van der Waals surface area contributed by atoms with Crippen molar-refractivity contribution in [2.75, 3.05) is 6.54 Å². The zero-order valence-electron chi connectivity index (χ0n) is 11.2. The number of aryl methyl sites for hydroxylation is 1. The molecule has 1 aromatic heterocycles. The molecule has 0 amide bonds. The summed E-state index contributed by atoms with van der Waals surface area (Å²) in [5.74, 6) is 0.793.